The standard InChI is InChI=1S/C9H13NO5S3/c10-18(14,15)7-17(12,13)9-3-1-8(2-4-9)16-6-5-11/h1-4,11H,5-7H2,(H2,10,14,15). The zero-order chi connectivity index (χ0) is 13.8. The molecule has 0 bridgehead atoms. The number of aliphatic hydroxyl groups excluding tert-OH is 1. The van der Waals surface area contributed by atoms with Crippen LogP contribution in [-0.4, -0.2) is 39.4 Å². The summed E-state index contributed by atoms with van der Waals surface area (Å²) in [7, 11) is -8.01. The minimum Gasteiger partial charge on any atom is -0.396 e. The molecule has 1 rings (SSSR count). The molecule has 1 aromatic carbocycles. The molecule has 0 amide bonds. The van der Waals surface area contributed by atoms with E-state index in [2.05, 4.69) is 0 Å². The summed E-state index contributed by atoms with van der Waals surface area (Å²) in [5.74, 6) is 0.503. The van der Waals surface area contributed by atoms with Crippen LogP contribution < -0.4 is 5.14 Å². The van der Waals surface area contributed by atoms with Gasteiger partial charge in [-0.15, -0.1) is 11.8 Å². The summed E-state index contributed by atoms with van der Waals surface area (Å²) in [5.41, 5.74) is 0. The smallest absolute Gasteiger partial charge is 0.223 e. The van der Waals surface area contributed by atoms with Gasteiger partial charge in [-0.1, -0.05) is 0 Å². The van der Waals surface area contributed by atoms with Gasteiger partial charge in [-0.2, -0.15) is 0 Å². The van der Waals surface area contributed by atoms with E-state index >= 15 is 0 Å². The highest BCUT2D eigenvalue weighted by Crippen LogP contribution is 2.20. The number of thioether (sulfide) groups is 1. The van der Waals surface area contributed by atoms with Crippen LogP contribution in [0.3, 0.4) is 0 Å². The molecule has 9 heteroatoms. The fraction of sp³-hybridized carbons (Fsp3) is 0.333. The van der Waals surface area contributed by atoms with E-state index in [1.165, 1.54) is 23.9 Å². The summed E-state index contributed by atoms with van der Waals surface area (Å²) in [6.45, 7) is 0.0239. The highest BCUT2D eigenvalue weighted by Gasteiger charge is 2.21. The molecule has 0 radical (unpaired) electrons. The van der Waals surface area contributed by atoms with Crippen LogP contribution >= 0.6 is 11.8 Å². The summed E-state index contributed by atoms with van der Waals surface area (Å²) < 4.78 is 44.9. The fourth-order valence-electron chi connectivity index (χ4n) is 1.19. The van der Waals surface area contributed by atoms with Crippen molar-refractivity contribution in [3.63, 3.8) is 0 Å². The molecule has 1 aromatic rings. The van der Waals surface area contributed by atoms with E-state index in [0.29, 0.717) is 5.75 Å². The van der Waals surface area contributed by atoms with Crippen LogP contribution in [0.2, 0.25) is 0 Å². The lowest BCUT2D eigenvalue weighted by molar-refractivity contribution is 0.322. The molecule has 0 fully saturated rings. The molecule has 102 valence electrons. The van der Waals surface area contributed by atoms with Gasteiger partial charge in [0.25, 0.3) is 0 Å². The zero-order valence-electron chi connectivity index (χ0n) is 9.31. The number of hydrogen-bond acceptors (Lipinski definition) is 6. The maximum atomic E-state index is 11.7. The van der Waals surface area contributed by atoms with Crippen molar-refractivity contribution in [3.8, 4) is 0 Å². The van der Waals surface area contributed by atoms with Gasteiger partial charge in [-0.3, -0.25) is 0 Å². The quantitative estimate of drug-likeness (QED) is 0.703. The molecule has 0 saturated heterocycles. The molecule has 6 nitrogen and oxygen atoms in total. The van der Waals surface area contributed by atoms with E-state index in [-0.39, 0.29) is 11.5 Å². The molecular formula is C9H13NO5S3. The average molecular weight is 311 g/mol. The lowest BCUT2D eigenvalue weighted by Crippen LogP contribution is -2.23. The van der Waals surface area contributed by atoms with Gasteiger partial charge < -0.3 is 5.11 Å². The predicted octanol–water partition coefficient (Wildman–Crippen LogP) is -0.209. The third-order valence-corrected chi connectivity index (χ3v) is 6.40. The first kappa shape index (κ1) is 15.4. The molecular weight excluding hydrogens is 298 g/mol. The molecule has 0 atom stereocenters. The molecule has 0 aliphatic carbocycles. The minimum absolute atomic E-state index is 0.0239. The Morgan fingerprint density at radius 1 is 1.11 bits per heavy atom. The number of sulfone groups is 1. The fourth-order valence-corrected chi connectivity index (χ4v) is 4.67. The first-order chi connectivity index (χ1) is 8.24. The number of rotatable bonds is 6. The van der Waals surface area contributed by atoms with E-state index in [1.54, 1.807) is 12.1 Å². The molecule has 0 spiro atoms. The molecule has 0 saturated carbocycles. The molecule has 3 N–H and O–H groups in total. The second-order valence-corrected chi connectivity index (χ2v) is 8.58. The van der Waals surface area contributed by atoms with Gasteiger partial charge in [0.2, 0.25) is 10.0 Å². The highest BCUT2D eigenvalue weighted by molar-refractivity contribution is 8.07. The third kappa shape index (κ3) is 4.94. The number of aliphatic hydroxyl groups is 1. The molecule has 0 aliphatic rings. The van der Waals surface area contributed by atoms with Gasteiger partial charge in [0.15, 0.2) is 14.9 Å². The summed E-state index contributed by atoms with van der Waals surface area (Å²) in [6, 6.07) is 5.74. The summed E-state index contributed by atoms with van der Waals surface area (Å²) in [5, 5.41) is 12.2. The summed E-state index contributed by atoms with van der Waals surface area (Å²) in [6.07, 6.45) is 0. The number of sulfonamides is 1. The average Bonchev–Trinajstić information content (AvgIpc) is 2.23. The Hall–Kier alpha value is -0.610. The van der Waals surface area contributed by atoms with Crippen LogP contribution in [0.15, 0.2) is 34.1 Å². The van der Waals surface area contributed by atoms with Crippen LogP contribution in [0, 0.1) is 0 Å². The third-order valence-electron chi connectivity index (χ3n) is 1.86. The van der Waals surface area contributed by atoms with Crippen molar-refractivity contribution < 1.29 is 21.9 Å². The normalized spacial score (nSPS) is 12.6. The zero-order valence-corrected chi connectivity index (χ0v) is 11.8. The van der Waals surface area contributed by atoms with Gasteiger partial charge in [0, 0.05) is 10.6 Å². The molecule has 0 aromatic heterocycles. The molecule has 0 aliphatic heterocycles. The second kappa shape index (κ2) is 6.02. The van der Waals surface area contributed by atoms with Crippen molar-refractivity contribution >= 4 is 31.6 Å². The van der Waals surface area contributed by atoms with Crippen molar-refractivity contribution in [3.05, 3.63) is 24.3 Å². The van der Waals surface area contributed by atoms with Gasteiger partial charge in [0.1, 0.15) is 0 Å². The van der Waals surface area contributed by atoms with Crippen molar-refractivity contribution in [1.82, 2.24) is 0 Å². The maximum absolute atomic E-state index is 11.7. The Balaban J connectivity index is 2.91. The number of benzene rings is 1. The first-order valence-corrected chi connectivity index (χ1v) is 9.17. The van der Waals surface area contributed by atoms with Crippen LogP contribution in [0.5, 0.6) is 0 Å². The van der Waals surface area contributed by atoms with Crippen molar-refractivity contribution in [1.29, 1.82) is 0 Å². The number of primary sulfonamides is 1. The van der Waals surface area contributed by atoms with Crippen LogP contribution in [0.4, 0.5) is 0 Å². The Morgan fingerprint density at radius 3 is 2.11 bits per heavy atom. The van der Waals surface area contributed by atoms with E-state index in [0.717, 1.165) is 4.90 Å². The Kier molecular flexibility index (Phi) is 5.17. The molecule has 18 heavy (non-hydrogen) atoms. The predicted molar refractivity (Wildman–Crippen MR) is 69.4 cm³/mol. The summed E-state index contributed by atoms with van der Waals surface area (Å²) >= 11 is 1.37. The van der Waals surface area contributed by atoms with E-state index in [1.807, 2.05) is 0 Å². The Labute approximate surface area is 110 Å². The monoisotopic (exact) mass is 311 g/mol. The SMILES string of the molecule is NS(=O)(=O)CS(=O)(=O)c1ccc(SCCO)cc1. The number of nitrogens with two attached hydrogens (primary N) is 1. The van der Waals surface area contributed by atoms with Gasteiger partial charge in [0.05, 0.1) is 11.5 Å². The molecule has 0 heterocycles. The number of hydrogen-bond donors (Lipinski definition) is 2. The Morgan fingerprint density at radius 2 is 1.67 bits per heavy atom. The van der Waals surface area contributed by atoms with Gasteiger partial charge >= 0.3 is 0 Å². The van der Waals surface area contributed by atoms with Crippen LogP contribution in [-0.2, 0) is 19.9 Å². The van der Waals surface area contributed by atoms with Gasteiger partial charge in [-0.05, 0) is 24.3 Å². The van der Waals surface area contributed by atoms with Gasteiger partial charge in [-0.25, -0.2) is 22.0 Å². The van der Waals surface area contributed by atoms with Crippen molar-refractivity contribution in [2.24, 2.45) is 5.14 Å². The summed E-state index contributed by atoms with van der Waals surface area (Å²) in [4.78, 5) is 0.698. The second-order valence-electron chi connectivity index (χ2n) is 3.44. The van der Waals surface area contributed by atoms with E-state index < -0.39 is 24.9 Å². The van der Waals surface area contributed by atoms with Crippen molar-refractivity contribution in [2.45, 2.75) is 9.79 Å². The lowest BCUT2D eigenvalue weighted by atomic mass is 10.4. The lowest BCUT2D eigenvalue weighted by Gasteiger charge is -2.04. The minimum atomic E-state index is -4.08. The van der Waals surface area contributed by atoms with Crippen molar-refractivity contribution in [2.75, 3.05) is 17.4 Å². The molecule has 0 unspecified atom stereocenters. The highest BCUT2D eigenvalue weighted by atomic mass is 32.3. The maximum Gasteiger partial charge on any atom is 0.223 e. The largest absolute Gasteiger partial charge is 0.396 e. The van der Waals surface area contributed by atoms with Crippen LogP contribution in [0.25, 0.3) is 0 Å². The van der Waals surface area contributed by atoms with Crippen LogP contribution in [0.1, 0.15) is 0 Å². The first-order valence-electron chi connectivity index (χ1n) is 4.81. The van der Waals surface area contributed by atoms with E-state index in [9.17, 15) is 16.8 Å². The Bertz CT molecular complexity index is 592. The topological polar surface area (TPSA) is 115 Å². The van der Waals surface area contributed by atoms with E-state index in [4.69, 9.17) is 10.2 Å².